The van der Waals surface area contributed by atoms with Crippen molar-refractivity contribution in [3.8, 4) is 0 Å². The fourth-order valence-corrected chi connectivity index (χ4v) is 3.01. The molecule has 0 aromatic rings. The van der Waals surface area contributed by atoms with E-state index in [4.69, 9.17) is 5.11 Å². The number of carboxylic acids is 1. The first-order valence-electron chi connectivity index (χ1n) is 5.33. The first-order valence-corrected chi connectivity index (χ1v) is 5.33. The average Bonchev–Trinajstić information content (AvgIpc) is 2.45. The van der Waals surface area contributed by atoms with Crippen LogP contribution in [0.15, 0.2) is 0 Å². The Morgan fingerprint density at radius 2 is 1.93 bits per heavy atom. The predicted octanol–water partition coefficient (Wildman–Crippen LogP) is 2.92. The minimum absolute atomic E-state index is 0.0196. The number of halogens is 2. The van der Waals surface area contributed by atoms with Gasteiger partial charge in [-0.05, 0) is 30.6 Å². The van der Waals surface area contributed by atoms with Gasteiger partial charge in [-0.1, -0.05) is 13.8 Å². The number of hydrogen-bond donors (Lipinski definition) is 1. The standard InChI is InChI=1S/C11H16F2O2/c1-9(2)4-3-7(5-9)10(8(14)15)6-11(10,12)13/h7H,3-6H2,1-2H3,(H,14,15). The van der Waals surface area contributed by atoms with Crippen molar-refractivity contribution in [2.45, 2.75) is 45.5 Å². The monoisotopic (exact) mass is 218 g/mol. The summed E-state index contributed by atoms with van der Waals surface area (Å²) in [5.41, 5.74) is -1.72. The molecule has 1 N–H and O–H groups in total. The summed E-state index contributed by atoms with van der Waals surface area (Å²) in [4.78, 5) is 11.0. The largest absolute Gasteiger partial charge is 0.481 e. The molecule has 2 fully saturated rings. The van der Waals surface area contributed by atoms with Crippen molar-refractivity contribution in [1.82, 2.24) is 0 Å². The molecule has 86 valence electrons. The Hall–Kier alpha value is -0.670. The number of aliphatic carboxylic acids is 1. The molecule has 2 aliphatic rings. The molecule has 0 saturated heterocycles. The van der Waals surface area contributed by atoms with E-state index >= 15 is 0 Å². The van der Waals surface area contributed by atoms with Crippen LogP contribution in [0.4, 0.5) is 8.78 Å². The molecular weight excluding hydrogens is 202 g/mol. The lowest BCUT2D eigenvalue weighted by Crippen LogP contribution is -2.30. The van der Waals surface area contributed by atoms with Crippen LogP contribution in [0, 0.1) is 16.7 Å². The van der Waals surface area contributed by atoms with Crippen molar-refractivity contribution in [3.05, 3.63) is 0 Å². The molecule has 0 amide bonds. The van der Waals surface area contributed by atoms with Crippen molar-refractivity contribution in [2.24, 2.45) is 16.7 Å². The Morgan fingerprint density at radius 1 is 1.40 bits per heavy atom. The average molecular weight is 218 g/mol. The van der Waals surface area contributed by atoms with Gasteiger partial charge in [-0.25, -0.2) is 8.78 Å². The highest BCUT2D eigenvalue weighted by molar-refractivity contribution is 5.81. The molecule has 0 radical (unpaired) electrons. The third-order valence-electron chi connectivity index (χ3n) is 4.08. The van der Waals surface area contributed by atoms with Crippen LogP contribution in [-0.4, -0.2) is 17.0 Å². The van der Waals surface area contributed by atoms with Crippen LogP contribution >= 0.6 is 0 Å². The van der Waals surface area contributed by atoms with Gasteiger partial charge in [0, 0.05) is 6.42 Å². The van der Waals surface area contributed by atoms with Crippen molar-refractivity contribution < 1.29 is 18.7 Å². The molecule has 2 nitrogen and oxygen atoms in total. The van der Waals surface area contributed by atoms with E-state index in [1.54, 1.807) is 0 Å². The van der Waals surface area contributed by atoms with Crippen LogP contribution in [0.25, 0.3) is 0 Å². The summed E-state index contributed by atoms with van der Waals surface area (Å²) in [7, 11) is 0. The second-order valence-corrected chi connectivity index (χ2v) is 5.76. The van der Waals surface area contributed by atoms with Crippen LogP contribution in [-0.2, 0) is 4.79 Å². The second-order valence-electron chi connectivity index (χ2n) is 5.76. The molecule has 0 bridgehead atoms. The molecular formula is C11H16F2O2. The summed E-state index contributed by atoms with van der Waals surface area (Å²) in [5, 5.41) is 8.99. The fourth-order valence-electron chi connectivity index (χ4n) is 3.01. The van der Waals surface area contributed by atoms with Crippen molar-refractivity contribution in [3.63, 3.8) is 0 Å². The number of carbonyl (C=O) groups is 1. The van der Waals surface area contributed by atoms with E-state index in [2.05, 4.69) is 0 Å². The summed E-state index contributed by atoms with van der Waals surface area (Å²) < 4.78 is 26.5. The normalized spacial score (nSPS) is 41.5. The lowest BCUT2D eigenvalue weighted by atomic mass is 9.83. The molecule has 2 aliphatic carbocycles. The van der Waals surface area contributed by atoms with Gasteiger partial charge in [0.2, 0.25) is 0 Å². The number of alkyl halides is 2. The number of carboxylic acid groups (broad SMARTS) is 1. The SMILES string of the molecule is CC1(C)CCC(C2(C(=O)O)CC2(F)F)C1. The predicted molar refractivity (Wildman–Crippen MR) is 50.8 cm³/mol. The molecule has 2 unspecified atom stereocenters. The molecule has 0 heterocycles. The molecule has 0 aromatic heterocycles. The highest BCUT2D eigenvalue weighted by Crippen LogP contribution is 2.69. The molecule has 4 heteroatoms. The molecule has 2 saturated carbocycles. The van der Waals surface area contributed by atoms with Gasteiger partial charge in [-0.3, -0.25) is 4.79 Å². The molecule has 0 aromatic carbocycles. The number of hydrogen-bond acceptors (Lipinski definition) is 1. The topological polar surface area (TPSA) is 37.3 Å². The Bertz CT molecular complexity index is 312. The minimum Gasteiger partial charge on any atom is -0.481 e. The van der Waals surface area contributed by atoms with Crippen molar-refractivity contribution in [2.75, 3.05) is 0 Å². The summed E-state index contributed by atoms with van der Waals surface area (Å²) in [6, 6.07) is 0. The Kier molecular flexibility index (Phi) is 1.96. The van der Waals surface area contributed by atoms with Gasteiger partial charge >= 0.3 is 5.97 Å². The molecule has 2 rings (SSSR count). The highest BCUT2D eigenvalue weighted by atomic mass is 19.3. The van der Waals surface area contributed by atoms with Crippen LogP contribution in [0.2, 0.25) is 0 Å². The maximum atomic E-state index is 13.2. The smallest absolute Gasteiger partial charge is 0.316 e. The van der Waals surface area contributed by atoms with Gasteiger partial charge in [-0.15, -0.1) is 0 Å². The maximum Gasteiger partial charge on any atom is 0.316 e. The van der Waals surface area contributed by atoms with Gasteiger partial charge < -0.3 is 5.11 Å². The van der Waals surface area contributed by atoms with E-state index in [0.717, 1.165) is 6.42 Å². The first-order chi connectivity index (χ1) is 6.71. The van der Waals surface area contributed by atoms with Gasteiger partial charge in [0.05, 0.1) is 0 Å². The quantitative estimate of drug-likeness (QED) is 0.773. The van der Waals surface area contributed by atoms with E-state index in [9.17, 15) is 13.6 Å². The van der Waals surface area contributed by atoms with Crippen LogP contribution in [0.3, 0.4) is 0 Å². The number of rotatable bonds is 2. The van der Waals surface area contributed by atoms with E-state index in [1.807, 2.05) is 13.8 Å². The molecule has 0 spiro atoms. The summed E-state index contributed by atoms with van der Waals surface area (Å²) in [5.74, 6) is -4.64. The van der Waals surface area contributed by atoms with Gasteiger partial charge in [-0.2, -0.15) is 0 Å². The minimum atomic E-state index is -2.98. The van der Waals surface area contributed by atoms with E-state index in [0.29, 0.717) is 12.8 Å². The van der Waals surface area contributed by atoms with Crippen molar-refractivity contribution in [1.29, 1.82) is 0 Å². The van der Waals surface area contributed by atoms with Crippen LogP contribution in [0.5, 0.6) is 0 Å². The molecule has 15 heavy (non-hydrogen) atoms. The van der Waals surface area contributed by atoms with Crippen LogP contribution in [0.1, 0.15) is 39.5 Å². The van der Waals surface area contributed by atoms with E-state index in [1.165, 1.54) is 0 Å². The Balaban J connectivity index is 2.21. The molecule has 0 aliphatic heterocycles. The zero-order valence-corrected chi connectivity index (χ0v) is 9.02. The Labute approximate surface area is 87.7 Å². The summed E-state index contributed by atoms with van der Waals surface area (Å²) >= 11 is 0. The highest BCUT2D eigenvalue weighted by Gasteiger charge is 2.79. The third-order valence-corrected chi connectivity index (χ3v) is 4.08. The van der Waals surface area contributed by atoms with E-state index in [-0.39, 0.29) is 11.3 Å². The zero-order chi connectivity index (χ0) is 11.5. The Morgan fingerprint density at radius 3 is 2.20 bits per heavy atom. The van der Waals surface area contributed by atoms with Gasteiger partial charge in [0.25, 0.3) is 5.92 Å². The lowest BCUT2D eigenvalue weighted by Gasteiger charge is -2.21. The second kappa shape index (κ2) is 2.71. The molecule has 2 atom stereocenters. The summed E-state index contributed by atoms with van der Waals surface area (Å²) in [6.45, 7) is 4.03. The fraction of sp³-hybridized carbons (Fsp3) is 0.909. The van der Waals surface area contributed by atoms with Gasteiger partial charge in [0.1, 0.15) is 5.41 Å². The van der Waals surface area contributed by atoms with E-state index < -0.39 is 23.7 Å². The zero-order valence-electron chi connectivity index (χ0n) is 9.02. The summed E-state index contributed by atoms with van der Waals surface area (Å²) in [6.07, 6.45) is 1.61. The van der Waals surface area contributed by atoms with Crippen LogP contribution < -0.4 is 0 Å². The first kappa shape index (κ1) is 10.8. The van der Waals surface area contributed by atoms with Crippen molar-refractivity contribution >= 4 is 5.97 Å². The lowest BCUT2D eigenvalue weighted by molar-refractivity contribution is -0.151. The third kappa shape index (κ3) is 1.37. The maximum absolute atomic E-state index is 13.2. The van der Waals surface area contributed by atoms with Gasteiger partial charge in [0.15, 0.2) is 0 Å².